The molecule has 0 aliphatic carbocycles. The molecule has 0 radical (unpaired) electrons. The molecule has 0 aromatic carbocycles. The fraction of sp³-hybridized carbons (Fsp3) is 0.625. The Balaban J connectivity index is 1.68. The largest absolute Gasteiger partial charge is 0.472 e. The second kappa shape index (κ2) is 6.28. The predicted molar refractivity (Wildman–Crippen MR) is 87.9 cm³/mol. The summed E-state index contributed by atoms with van der Waals surface area (Å²) in [7, 11) is 2.04. The van der Waals surface area contributed by atoms with E-state index in [1.54, 1.807) is 6.20 Å². The van der Waals surface area contributed by atoms with Gasteiger partial charge in [0.05, 0.1) is 12.1 Å². The summed E-state index contributed by atoms with van der Waals surface area (Å²) in [6, 6.07) is 4.61. The number of likely N-dealkylation sites (tertiary alicyclic amines) is 1. The number of likely N-dealkylation sites (N-methyl/N-ethyl adjacent to an activating group) is 1. The lowest BCUT2D eigenvalue weighted by Crippen LogP contribution is -2.37. The lowest BCUT2D eigenvalue weighted by molar-refractivity contribution is 0.141. The maximum absolute atomic E-state index is 6.13. The number of aromatic nitrogens is 1. The average Bonchev–Trinajstić information content (AvgIpc) is 2.84. The Morgan fingerprint density at radius 2 is 2.33 bits per heavy atom. The van der Waals surface area contributed by atoms with Gasteiger partial charge in [-0.2, -0.15) is 0 Å². The molecule has 4 nitrogen and oxygen atoms in total. The lowest BCUT2D eigenvalue weighted by Gasteiger charge is -2.25. The van der Waals surface area contributed by atoms with Gasteiger partial charge in [-0.1, -0.05) is 12.2 Å². The standard InChI is InChI=1S/C16H23N3OS/c1-12-5-4-9-19(12)10-7-13-11-18(2)16(21)14-6-3-8-17-15(14)20-13/h3,6,8,12-13H,4-5,7,9-11H2,1-2H3. The second-order valence-electron chi connectivity index (χ2n) is 6.10. The minimum Gasteiger partial charge on any atom is -0.472 e. The van der Waals surface area contributed by atoms with Gasteiger partial charge in [-0.25, -0.2) is 4.98 Å². The fourth-order valence-electron chi connectivity index (χ4n) is 3.22. The Bertz CT molecular complexity index is 522. The van der Waals surface area contributed by atoms with Gasteiger partial charge in [0.2, 0.25) is 5.88 Å². The molecular weight excluding hydrogens is 282 g/mol. The average molecular weight is 305 g/mol. The van der Waals surface area contributed by atoms with Crippen molar-refractivity contribution in [3.05, 3.63) is 23.9 Å². The van der Waals surface area contributed by atoms with E-state index in [1.165, 1.54) is 19.4 Å². The van der Waals surface area contributed by atoms with Crippen molar-refractivity contribution in [1.82, 2.24) is 14.8 Å². The van der Waals surface area contributed by atoms with E-state index in [0.29, 0.717) is 11.9 Å². The van der Waals surface area contributed by atoms with Crippen LogP contribution >= 0.6 is 12.2 Å². The number of pyridine rings is 1. The van der Waals surface area contributed by atoms with Crippen LogP contribution in [0, 0.1) is 0 Å². The summed E-state index contributed by atoms with van der Waals surface area (Å²) in [6.07, 6.45) is 5.58. The van der Waals surface area contributed by atoms with Gasteiger partial charge in [-0.05, 0) is 44.9 Å². The Morgan fingerprint density at radius 3 is 3.10 bits per heavy atom. The van der Waals surface area contributed by atoms with Gasteiger partial charge in [-0.15, -0.1) is 0 Å². The van der Waals surface area contributed by atoms with E-state index < -0.39 is 0 Å². The minimum absolute atomic E-state index is 0.150. The van der Waals surface area contributed by atoms with E-state index in [1.807, 2.05) is 19.2 Å². The van der Waals surface area contributed by atoms with Crippen LogP contribution in [0.2, 0.25) is 0 Å². The molecular formula is C16H23N3OS. The maximum atomic E-state index is 6.13. The van der Waals surface area contributed by atoms with E-state index >= 15 is 0 Å². The van der Waals surface area contributed by atoms with Crippen LogP contribution in [0.1, 0.15) is 31.7 Å². The highest BCUT2D eigenvalue weighted by atomic mass is 32.1. The van der Waals surface area contributed by atoms with Crippen molar-refractivity contribution >= 4 is 17.2 Å². The van der Waals surface area contributed by atoms with Crippen LogP contribution in [-0.2, 0) is 0 Å². The Kier molecular flexibility index (Phi) is 4.40. The lowest BCUT2D eigenvalue weighted by atomic mass is 10.2. The van der Waals surface area contributed by atoms with E-state index in [-0.39, 0.29) is 6.10 Å². The number of nitrogens with zero attached hydrogens (tertiary/aromatic N) is 3. The maximum Gasteiger partial charge on any atom is 0.224 e. The van der Waals surface area contributed by atoms with Crippen molar-refractivity contribution in [2.24, 2.45) is 0 Å². The predicted octanol–water partition coefficient (Wildman–Crippen LogP) is 2.32. The number of hydrogen-bond acceptors (Lipinski definition) is 4. The summed E-state index contributed by atoms with van der Waals surface area (Å²) >= 11 is 5.53. The summed E-state index contributed by atoms with van der Waals surface area (Å²) in [6.45, 7) is 5.46. The number of ether oxygens (including phenoxy) is 1. The second-order valence-corrected chi connectivity index (χ2v) is 6.48. The number of rotatable bonds is 3. The third kappa shape index (κ3) is 3.19. The van der Waals surface area contributed by atoms with Crippen molar-refractivity contribution < 1.29 is 4.74 Å². The molecule has 0 saturated carbocycles. The zero-order valence-electron chi connectivity index (χ0n) is 12.8. The molecule has 1 aromatic heterocycles. The molecule has 0 N–H and O–H groups in total. The Labute approximate surface area is 132 Å². The van der Waals surface area contributed by atoms with Crippen LogP contribution in [0.3, 0.4) is 0 Å². The molecule has 2 atom stereocenters. The number of thiocarbonyl (C=S) groups is 1. The molecule has 2 aliphatic heterocycles. The zero-order valence-corrected chi connectivity index (χ0v) is 13.6. The highest BCUT2D eigenvalue weighted by Crippen LogP contribution is 2.24. The number of fused-ring (bicyclic) bond motifs is 1. The molecule has 1 aromatic rings. The summed E-state index contributed by atoms with van der Waals surface area (Å²) in [5.74, 6) is 0.686. The van der Waals surface area contributed by atoms with Crippen LogP contribution in [0.15, 0.2) is 18.3 Å². The molecule has 2 aliphatic rings. The molecule has 0 amide bonds. The summed E-state index contributed by atoms with van der Waals surface area (Å²) in [5.41, 5.74) is 0.937. The normalized spacial score (nSPS) is 26.4. The molecule has 3 rings (SSSR count). The fourth-order valence-corrected chi connectivity index (χ4v) is 3.45. The smallest absolute Gasteiger partial charge is 0.224 e. The van der Waals surface area contributed by atoms with E-state index in [4.69, 9.17) is 17.0 Å². The first-order valence-electron chi connectivity index (χ1n) is 7.76. The van der Waals surface area contributed by atoms with Gasteiger partial charge in [0.1, 0.15) is 11.1 Å². The van der Waals surface area contributed by atoms with Crippen LogP contribution in [0.25, 0.3) is 0 Å². The highest BCUT2D eigenvalue weighted by molar-refractivity contribution is 7.80. The van der Waals surface area contributed by atoms with Gasteiger partial charge in [0, 0.05) is 25.8 Å². The molecule has 3 heterocycles. The van der Waals surface area contributed by atoms with Crippen molar-refractivity contribution in [1.29, 1.82) is 0 Å². The van der Waals surface area contributed by atoms with Crippen LogP contribution in [0.5, 0.6) is 5.88 Å². The quantitative estimate of drug-likeness (QED) is 0.799. The first-order chi connectivity index (χ1) is 10.1. The van der Waals surface area contributed by atoms with Crippen molar-refractivity contribution in [3.8, 4) is 5.88 Å². The van der Waals surface area contributed by atoms with E-state index in [2.05, 4.69) is 21.7 Å². The highest BCUT2D eigenvalue weighted by Gasteiger charge is 2.27. The zero-order chi connectivity index (χ0) is 14.8. The van der Waals surface area contributed by atoms with Crippen LogP contribution < -0.4 is 4.74 Å². The monoisotopic (exact) mass is 305 g/mol. The molecule has 114 valence electrons. The molecule has 1 saturated heterocycles. The molecule has 0 bridgehead atoms. The first-order valence-corrected chi connectivity index (χ1v) is 8.17. The SMILES string of the molecule is CC1CCCN1CCC1CN(C)C(=S)c2cccnc2O1. The summed E-state index contributed by atoms with van der Waals surface area (Å²) in [5, 5.41) is 0. The van der Waals surface area contributed by atoms with E-state index in [0.717, 1.165) is 30.1 Å². The van der Waals surface area contributed by atoms with Gasteiger partial charge in [0.25, 0.3) is 0 Å². The van der Waals surface area contributed by atoms with Crippen molar-refractivity contribution in [2.45, 2.75) is 38.3 Å². The minimum atomic E-state index is 0.150. The topological polar surface area (TPSA) is 28.6 Å². The number of hydrogen-bond donors (Lipinski definition) is 0. The Morgan fingerprint density at radius 1 is 1.48 bits per heavy atom. The van der Waals surface area contributed by atoms with Gasteiger partial charge >= 0.3 is 0 Å². The van der Waals surface area contributed by atoms with Crippen LogP contribution in [-0.4, -0.2) is 58.6 Å². The third-order valence-electron chi connectivity index (χ3n) is 4.53. The molecule has 5 heteroatoms. The summed E-state index contributed by atoms with van der Waals surface area (Å²) < 4.78 is 6.13. The molecule has 1 fully saturated rings. The Hall–Kier alpha value is -1.20. The van der Waals surface area contributed by atoms with Gasteiger partial charge in [-0.3, -0.25) is 0 Å². The van der Waals surface area contributed by atoms with Crippen molar-refractivity contribution in [3.63, 3.8) is 0 Å². The summed E-state index contributed by atoms with van der Waals surface area (Å²) in [4.78, 5) is 9.86. The molecule has 0 spiro atoms. The molecule has 2 unspecified atom stereocenters. The van der Waals surface area contributed by atoms with Gasteiger partial charge in [0.15, 0.2) is 0 Å². The van der Waals surface area contributed by atoms with Gasteiger partial charge < -0.3 is 14.5 Å². The third-order valence-corrected chi connectivity index (χ3v) is 5.06. The van der Waals surface area contributed by atoms with E-state index in [9.17, 15) is 0 Å². The molecule has 21 heavy (non-hydrogen) atoms. The first kappa shape index (κ1) is 14.7. The van der Waals surface area contributed by atoms with Crippen molar-refractivity contribution in [2.75, 3.05) is 26.7 Å². The van der Waals surface area contributed by atoms with Crippen LogP contribution in [0.4, 0.5) is 0 Å².